The molecule has 0 aliphatic carbocycles. The molecule has 0 amide bonds. The average Bonchev–Trinajstić information content (AvgIpc) is 1.96. The van der Waals surface area contributed by atoms with Gasteiger partial charge in [0.1, 0.15) is 0 Å². The highest BCUT2D eigenvalue weighted by molar-refractivity contribution is 4.68. The van der Waals surface area contributed by atoms with E-state index >= 15 is 0 Å². The molecule has 0 N–H and O–H groups in total. The first-order valence-corrected chi connectivity index (χ1v) is 2.99. The van der Waals surface area contributed by atoms with E-state index in [0.717, 1.165) is 0 Å². The molecule has 0 atom stereocenters. The Morgan fingerprint density at radius 1 is 0.875 bits per heavy atom. The number of hydrogen-bond acceptors (Lipinski definition) is 0. The van der Waals surface area contributed by atoms with E-state index in [1.807, 2.05) is 39.8 Å². The van der Waals surface area contributed by atoms with Gasteiger partial charge in [0.25, 0.3) is 0 Å². The van der Waals surface area contributed by atoms with Gasteiger partial charge in [0.15, 0.2) is 0 Å². The minimum atomic E-state index is 2.00. The molecule has 50 valence electrons. The molecule has 0 fully saturated rings. The Morgan fingerprint density at radius 3 is 1.00 bits per heavy atom. The van der Waals surface area contributed by atoms with Crippen molar-refractivity contribution in [3.05, 3.63) is 25.3 Å². The van der Waals surface area contributed by atoms with Crippen LogP contribution in [-0.2, 0) is 0 Å². The summed E-state index contributed by atoms with van der Waals surface area (Å²) >= 11 is 0. The van der Waals surface area contributed by atoms with Crippen LogP contribution >= 0.6 is 0 Å². The maximum atomic E-state index is 3.00. The van der Waals surface area contributed by atoms with Crippen LogP contribution in [-0.4, -0.2) is 0 Å². The van der Waals surface area contributed by atoms with E-state index < -0.39 is 0 Å². The zero-order chi connectivity index (χ0) is 7.41. The fourth-order valence-electron chi connectivity index (χ4n) is 0. The first-order chi connectivity index (χ1) is 3.91. The molecule has 0 aromatic carbocycles. The van der Waals surface area contributed by atoms with Crippen molar-refractivity contribution >= 4 is 0 Å². The molecule has 0 heteroatoms. The molecule has 0 spiro atoms. The van der Waals surface area contributed by atoms with Gasteiger partial charge in [-0.1, -0.05) is 26.0 Å². The minimum Gasteiger partial charge on any atom is -0.106 e. The van der Waals surface area contributed by atoms with Crippen molar-refractivity contribution in [2.45, 2.75) is 27.7 Å². The fraction of sp³-hybridized carbons (Fsp3) is 0.500. The van der Waals surface area contributed by atoms with Crippen LogP contribution < -0.4 is 0 Å². The van der Waals surface area contributed by atoms with E-state index in [-0.39, 0.29) is 0 Å². The molecule has 0 nitrogen and oxygen atoms in total. The van der Waals surface area contributed by atoms with Crippen molar-refractivity contribution in [3.8, 4) is 0 Å². The summed E-state index contributed by atoms with van der Waals surface area (Å²) in [6.45, 7) is 14.0. The van der Waals surface area contributed by atoms with E-state index in [4.69, 9.17) is 0 Å². The van der Waals surface area contributed by atoms with Gasteiger partial charge in [0.05, 0.1) is 0 Å². The SMILES string of the molecule is C/C=C/C.C=C.CC. The second-order valence-electron chi connectivity index (χ2n) is 0.667. The summed E-state index contributed by atoms with van der Waals surface area (Å²) < 4.78 is 0. The smallest absolute Gasteiger partial charge is 0.0470 e. The van der Waals surface area contributed by atoms with Crippen LogP contribution in [0.5, 0.6) is 0 Å². The largest absolute Gasteiger partial charge is 0.106 e. The first-order valence-electron chi connectivity index (χ1n) is 2.99. The topological polar surface area (TPSA) is 0 Å². The first kappa shape index (κ1) is 15.6. The molecule has 0 aliphatic heterocycles. The van der Waals surface area contributed by atoms with Crippen molar-refractivity contribution in [1.29, 1.82) is 0 Å². The van der Waals surface area contributed by atoms with Gasteiger partial charge in [-0.3, -0.25) is 0 Å². The molecular formula is C8H18. The van der Waals surface area contributed by atoms with Crippen molar-refractivity contribution < 1.29 is 0 Å². The van der Waals surface area contributed by atoms with E-state index in [1.54, 1.807) is 0 Å². The van der Waals surface area contributed by atoms with Crippen LogP contribution in [0.4, 0.5) is 0 Å². The van der Waals surface area contributed by atoms with Crippen molar-refractivity contribution in [2.75, 3.05) is 0 Å². The Labute approximate surface area is 53.9 Å². The quantitative estimate of drug-likeness (QED) is 0.423. The van der Waals surface area contributed by atoms with Crippen LogP contribution in [0.3, 0.4) is 0 Å². The van der Waals surface area contributed by atoms with Gasteiger partial charge in [0.2, 0.25) is 0 Å². The lowest BCUT2D eigenvalue weighted by molar-refractivity contribution is 1.50. The molecular weight excluding hydrogens is 96.1 g/mol. The second kappa shape index (κ2) is 88.8. The summed E-state index contributed by atoms with van der Waals surface area (Å²) in [5.74, 6) is 0. The standard InChI is InChI=1S/C4H8.C2H6.C2H4/c1-3-4-2;2*1-2/h3-4H,1-2H3;1-2H3;1-2H2/b4-3+;;. The normalized spacial score (nSPS) is 6.00. The predicted octanol–water partition coefficient (Wildman–Crippen LogP) is 3.41. The molecule has 0 aromatic rings. The summed E-state index contributed by atoms with van der Waals surface area (Å²) in [4.78, 5) is 0. The van der Waals surface area contributed by atoms with Gasteiger partial charge in [-0.05, 0) is 13.8 Å². The molecule has 0 aliphatic rings. The number of allylic oxidation sites excluding steroid dienone is 2. The van der Waals surface area contributed by atoms with Crippen LogP contribution in [0.2, 0.25) is 0 Å². The lowest BCUT2D eigenvalue weighted by Gasteiger charge is -1.49. The van der Waals surface area contributed by atoms with Gasteiger partial charge in [-0.25, -0.2) is 0 Å². The van der Waals surface area contributed by atoms with Gasteiger partial charge in [0, 0.05) is 0 Å². The van der Waals surface area contributed by atoms with E-state index in [0.29, 0.717) is 0 Å². The van der Waals surface area contributed by atoms with E-state index in [1.165, 1.54) is 0 Å². The second-order valence-corrected chi connectivity index (χ2v) is 0.667. The minimum absolute atomic E-state index is 2.00. The van der Waals surface area contributed by atoms with Gasteiger partial charge in [-0.15, -0.1) is 13.2 Å². The summed E-state index contributed by atoms with van der Waals surface area (Å²) in [7, 11) is 0. The Hall–Kier alpha value is -0.520. The fourth-order valence-corrected chi connectivity index (χ4v) is 0. The zero-order valence-electron chi connectivity index (χ0n) is 6.57. The molecule has 0 saturated heterocycles. The molecule has 0 aromatic heterocycles. The van der Waals surface area contributed by atoms with Crippen molar-refractivity contribution in [3.63, 3.8) is 0 Å². The Morgan fingerprint density at radius 2 is 1.00 bits per heavy atom. The highest BCUT2D eigenvalue weighted by Gasteiger charge is 1.34. The summed E-state index contributed by atoms with van der Waals surface area (Å²) in [5.41, 5.74) is 0. The highest BCUT2D eigenvalue weighted by Crippen LogP contribution is 1.57. The zero-order valence-corrected chi connectivity index (χ0v) is 6.57. The lowest BCUT2D eigenvalue weighted by Crippen LogP contribution is -1.26. The molecule has 0 rings (SSSR count). The summed E-state index contributed by atoms with van der Waals surface area (Å²) in [6.07, 6.45) is 4.00. The Balaban J connectivity index is -0.0000000542. The van der Waals surface area contributed by atoms with Crippen molar-refractivity contribution in [2.24, 2.45) is 0 Å². The maximum absolute atomic E-state index is 3.00. The summed E-state index contributed by atoms with van der Waals surface area (Å²) in [5, 5.41) is 0. The Kier molecular flexibility index (Phi) is 174. The van der Waals surface area contributed by atoms with Gasteiger partial charge in [-0.2, -0.15) is 0 Å². The van der Waals surface area contributed by atoms with Crippen LogP contribution in [0.1, 0.15) is 27.7 Å². The Bertz CT molecular complexity index is 23.0. The average molecular weight is 114 g/mol. The maximum Gasteiger partial charge on any atom is -0.0470 e. The third kappa shape index (κ3) is 477. The molecule has 0 heterocycles. The van der Waals surface area contributed by atoms with Gasteiger partial charge < -0.3 is 0 Å². The number of rotatable bonds is 0. The molecule has 8 heavy (non-hydrogen) atoms. The molecule has 0 bridgehead atoms. The third-order valence-corrected chi connectivity index (χ3v) is 0.333. The van der Waals surface area contributed by atoms with E-state index in [9.17, 15) is 0 Å². The molecule has 0 saturated carbocycles. The predicted molar refractivity (Wildman–Crippen MR) is 43.1 cm³/mol. The third-order valence-electron chi connectivity index (χ3n) is 0.333. The highest BCUT2D eigenvalue weighted by atomic mass is 13.4. The molecule has 0 radical (unpaired) electrons. The van der Waals surface area contributed by atoms with Crippen LogP contribution in [0.25, 0.3) is 0 Å². The lowest BCUT2D eigenvalue weighted by atomic mass is 10.6. The number of hydrogen-bond donors (Lipinski definition) is 0. The molecule has 0 unspecified atom stereocenters. The van der Waals surface area contributed by atoms with E-state index in [2.05, 4.69) is 13.2 Å². The van der Waals surface area contributed by atoms with Crippen molar-refractivity contribution in [1.82, 2.24) is 0 Å². The van der Waals surface area contributed by atoms with Crippen LogP contribution in [0.15, 0.2) is 25.3 Å². The summed E-state index contributed by atoms with van der Waals surface area (Å²) in [6, 6.07) is 0. The van der Waals surface area contributed by atoms with Gasteiger partial charge >= 0.3 is 0 Å². The monoisotopic (exact) mass is 114 g/mol. The van der Waals surface area contributed by atoms with Crippen LogP contribution in [0, 0.1) is 0 Å².